The van der Waals surface area contributed by atoms with Crippen LogP contribution in [-0.2, 0) is 10.0 Å². The monoisotopic (exact) mass is 480 g/mol. The first-order valence-corrected chi connectivity index (χ1v) is 12.4. The van der Waals surface area contributed by atoms with Gasteiger partial charge in [0, 0.05) is 16.8 Å². The van der Waals surface area contributed by atoms with E-state index in [1.807, 2.05) is 60.7 Å². The molecule has 0 fully saturated rings. The number of nitrogens with one attached hydrogen (secondary N) is 2. The SMILES string of the molecule is C=CCN1c2ccccc2-c2nc(Nc3ccc(-c4nc5ccccc5[nH]4)cc3)ncc2S1(=O)=O. The van der Waals surface area contributed by atoms with E-state index in [1.54, 1.807) is 18.2 Å². The number of benzene rings is 3. The van der Waals surface area contributed by atoms with Gasteiger partial charge in [-0.15, -0.1) is 6.58 Å². The number of H-pyrrole nitrogens is 1. The van der Waals surface area contributed by atoms with Crippen molar-refractivity contribution >= 4 is 38.4 Å². The summed E-state index contributed by atoms with van der Waals surface area (Å²) in [5.74, 6) is 1.09. The van der Waals surface area contributed by atoms with Crippen molar-refractivity contribution in [3.05, 3.63) is 91.6 Å². The zero-order chi connectivity index (χ0) is 24.0. The van der Waals surface area contributed by atoms with Gasteiger partial charge in [-0.1, -0.05) is 36.4 Å². The molecule has 5 aromatic rings. The van der Waals surface area contributed by atoms with Crippen LogP contribution in [0.2, 0.25) is 0 Å². The van der Waals surface area contributed by atoms with Gasteiger partial charge in [0.2, 0.25) is 5.95 Å². The first kappa shape index (κ1) is 21.1. The summed E-state index contributed by atoms with van der Waals surface area (Å²) in [6.45, 7) is 3.86. The summed E-state index contributed by atoms with van der Waals surface area (Å²) in [6, 6.07) is 22.9. The molecule has 172 valence electrons. The Labute approximate surface area is 202 Å². The van der Waals surface area contributed by atoms with E-state index < -0.39 is 10.0 Å². The molecular weight excluding hydrogens is 460 g/mol. The highest BCUT2D eigenvalue weighted by Gasteiger charge is 2.35. The second-order valence-electron chi connectivity index (χ2n) is 8.05. The average Bonchev–Trinajstić information content (AvgIpc) is 3.31. The molecular formula is C26H20N6O2S. The van der Waals surface area contributed by atoms with Crippen molar-refractivity contribution in [1.82, 2.24) is 19.9 Å². The summed E-state index contributed by atoms with van der Waals surface area (Å²) < 4.78 is 27.8. The summed E-state index contributed by atoms with van der Waals surface area (Å²) in [6.07, 6.45) is 2.92. The first-order chi connectivity index (χ1) is 17.0. The van der Waals surface area contributed by atoms with Gasteiger partial charge in [0.15, 0.2) is 0 Å². The number of anilines is 3. The maximum atomic E-state index is 13.2. The van der Waals surface area contributed by atoms with Gasteiger partial charge >= 0.3 is 0 Å². The van der Waals surface area contributed by atoms with Gasteiger partial charge in [0.1, 0.15) is 10.7 Å². The Balaban J connectivity index is 1.32. The molecule has 0 unspecified atom stereocenters. The maximum Gasteiger partial charge on any atom is 0.268 e. The molecule has 0 bridgehead atoms. The predicted octanol–water partition coefficient (Wildman–Crippen LogP) is 5.13. The summed E-state index contributed by atoms with van der Waals surface area (Å²) >= 11 is 0. The fourth-order valence-corrected chi connectivity index (χ4v) is 5.74. The molecule has 0 amide bonds. The van der Waals surface area contributed by atoms with Crippen LogP contribution in [0, 0.1) is 0 Å². The van der Waals surface area contributed by atoms with Gasteiger partial charge in [-0.2, -0.15) is 0 Å². The molecule has 1 aliphatic heterocycles. The smallest absolute Gasteiger partial charge is 0.268 e. The number of imidazole rings is 1. The number of fused-ring (bicyclic) bond motifs is 4. The summed E-state index contributed by atoms with van der Waals surface area (Å²) in [5, 5.41) is 3.18. The molecule has 0 aliphatic carbocycles. The van der Waals surface area contributed by atoms with E-state index in [0.29, 0.717) is 17.3 Å². The Morgan fingerprint density at radius 1 is 0.971 bits per heavy atom. The standard InChI is InChI=1S/C26H20N6O2S/c1-2-15-32-22-10-6-3-7-19(22)24-23(35(32,33)34)16-27-26(31-24)28-18-13-11-17(12-14-18)25-29-20-8-4-5-9-21(20)30-25/h2-14,16H,1,15H2,(H,29,30)(H,27,28,31). The van der Waals surface area contributed by atoms with Crippen LogP contribution in [0.5, 0.6) is 0 Å². The molecule has 35 heavy (non-hydrogen) atoms. The van der Waals surface area contributed by atoms with Crippen molar-refractivity contribution in [2.45, 2.75) is 4.90 Å². The van der Waals surface area contributed by atoms with Crippen LogP contribution in [0.4, 0.5) is 17.3 Å². The molecule has 0 atom stereocenters. The second-order valence-corrected chi connectivity index (χ2v) is 9.88. The first-order valence-electron chi connectivity index (χ1n) is 11.0. The Hall–Kier alpha value is -4.50. The normalized spacial score (nSPS) is 13.8. The van der Waals surface area contributed by atoms with Crippen molar-refractivity contribution in [1.29, 1.82) is 0 Å². The lowest BCUT2D eigenvalue weighted by Crippen LogP contribution is -2.35. The quantitative estimate of drug-likeness (QED) is 0.338. The largest absolute Gasteiger partial charge is 0.338 e. The van der Waals surface area contributed by atoms with Gasteiger partial charge in [0.05, 0.1) is 35.2 Å². The Kier molecular flexibility index (Phi) is 4.85. The summed E-state index contributed by atoms with van der Waals surface area (Å²) in [5.41, 5.74) is 5.27. The maximum absolute atomic E-state index is 13.2. The Morgan fingerprint density at radius 2 is 1.74 bits per heavy atom. The second kappa shape index (κ2) is 8.07. The molecule has 3 heterocycles. The number of aromatic amines is 1. The van der Waals surface area contributed by atoms with E-state index >= 15 is 0 Å². The predicted molar refractivity (Wildman–Crippen MR) is 137 cm³/mol. The number of para-hydroxylation sites is 3. The minimum absolute atomic E-state index is 0.0730. The molecule has 1 aliphatic rings. The van der Waals surface area contributed by atoms with Crippen LogP contribution in [0.3, 0.4) is 0 Å². The molecule has 2 aromatic heterocycles. The van der Waals surface area contributed by atoms with Gasteiger partial charge in [-0.25, -0.2) is 23.4 Å². The lowest BCUT2D eigenvalue weighted by molar-refractivity contribution is 0.591. The molecule has 6 rings (SSSR count). The lowest BCUT2D eigenvalue weighted by Gasteiger charge is -2.30. The molecule has 0 saturated carbocycles. The van der Waals surface area contributed by atoms with E-state index in [1.165, 1.54) is 10.5 Å². The van der Waals surface area contributed by atoms with Gasteiger partial charge in [-0.05, 0) is 42.5 Å². The third-order valence-electron chi connectivity index (χ3n) is 5.85. The zero-order valence-electron chi connectivity index (χ0n) is 18.5. The van der Waals surface area contributed by atoms with E-state index in [2.05, 4.69) is 31.8 Å². The van der Waals surface area contributed by atoms with E-state index in [-0.39, 0.29) is 11.4 Å². The number of aromatic nitrogens is 4. The van der Waals surface area contributed by atoms with E-state index in [0.717, 1.165) is 33.7 Å². The fraction of sp³-hybridized carbons (Fsp3) is 0.0385. The number of sulfonamides is 1. The number of nitrogens with zero attached hydrogens (tertiary/aromatic N) is 4. The summed E-state index contributed by atoms with van der Waals surface area (Å²) in [4.78, 5) is 16.9. The molecule has 8 nitrogen and oxygen atoms in total. The van der Waals surface area contributed by atoms with Crippen molar-refractivity contribution in [2.75, 3.05) is 16.2 Å². The van der Waals surface area contributed by atoms with Crippen molar-refractivity contribution in [3.63, 3.8) is 0 Å². The van der Waals surface area contributed by atoms with Crippen molar-refractivity contribution < 1.29 is 8.42 Å². The third-order valence-corrected chi connectivity index (χ3v) is 7.63. The van der Waals surface area contributed by atoms with Gasteiger partial charge < -0.3 is 10.3 Å². The lowest BCUT2D eigenvalue weighted by atomic mass is 10.1. The van der Waals surface area contributed by atoms with E-state index in [9.17, 15) is 8.42 Å². The molecule has 0 radical (unpaired) electrons. The summed E-state index contributed by atoms with van der Waals surface area (Å²) in [7, 11) is -3.80. The van der Waals surface area contributed by atoms with Crippen LogP contribution >= 0.6 is 0 Å². The Morgan fingerprint density at radius 3 is 2.54 bits per heavy atom. The van der Waals surface area contributed by atoms with Gasteiger partial charge in [0.25, 0.3) is 10.0 Å². The zero-order valence-corrected chi connectivity index (χ0v) is 19.3. The Bertz CT molecular complexity index is 1660. The molecule has 9 heteroatoms. The highest BCUT2D eigenvalue weighted by atomic mass is 32.2. The van der Waals surface area contributed by atoms with Crippen LogP contribution in [0.15, 0.2) is 96.5 Å². The highest BCUT2D eigenvalue weighted by Crippen LogP contribution is 2.41. The van der Waals surface area contributed by atoms with Crippen LogP contribution in [-0.4, -0.2) is 34.9 Å². The van der Waals surface area contributed by atoms with Gasteiger partial charge in [-0.3, -0.25) is 4.31 Å². The fourth-order valence-electron chi connectivity index (χ4n) is 4.20. The molecule has 0 spiro atoms. The highest BCUT2D eigenvalue weighted by molar-refractivity contribution is 7.93. The minimum atomic E-state index is -3.80. The van der Waals surface area contributed by atoms with Crippen LogP contribution in [0.25, 0.3) is 33.7 Å². The van der Waals surface area contributed by atoms with Crippen molar-refractivity contribution in [2.24, 2.45) is 0 Å². The average molecular weight is 481 g/mol. The minimum Gasteiger partial charge on any atom is -0.338 e. The number of hydrogen-bond donors (Lipinski definition) is 2. The van der Waals surface area contributed by atoms with Crippen LogP contribution < -0.4 is 9.62 Å². The van der Waals surface area contributed by atoms with E-state index in [4.69, 9.17) is 0 Å². The number of rotatable bonds is 5. The number of hydrogen-bond acceptors (Lipinski definition) is 6. The third kappa shape index (κ3) is 3.53. The van der Waals surface area contributed by atoms with Crippen molar-refractivity contribution in [3.8, 4) is 22.6 Å². The molecule has 2 N–H and O–H groups in total. The topological polar surface area (TPSA) is 104 Å². The molecule has 0 saturated heterocycles. The molecule has 3 aromatic carbocycles. The van der Waals surface area contributed by atoms with Crippen LogP contribution in [0.1, 0.15) is 0 Å².